The van der Waals surface area contributed by atoms with Gasteiger partial charge in [0.1, 0.15) is 12.7 Å². The highest BCUT2D eigenvalue weighted by atomic mass is 79.9. The zero-order chi connectivity index (χ0) is 14.7. The van der Waals surface area contributed by atoms with E-state index < -0.39 is 0 Å². The van der Waals surface area contributed by atoms with E-state index in [0.717, 1.165) is 15.8 Å². The fourth-order valence-corrected chi connectivity index (χ4v) is 2.11. The van der Waals surface area contributed by atoms with Crippen LogP contribution in [0.2, 0.25) is 0 Å². The first-order valence-corrected chi connectivity index (χ1v) is 7.04. The second-order valence-electron chi connectivity index (χ2n) is 4.35. The van der Waals surface area contributed by atoms with Gasteiger partial charge in [-0.2, -0.15) is 5.10 Å². The number of hydrogen-bond donors (Lipinski definition) is 1. The SMILES string of the molecule is O=C(Nc1ccc(-n2cncn2)cc1)c1ccc(Br)cc1. The van der Waals surface area contributed by atoms with Gasteiger partial charge in [-0.05, 0) is 48.5 Å². The predicted molar refractivity (Wildman–Crippen MR) is 83.5 cm³/mol. The lowest BCUT2D eigenvalue weighted by Crippen LogP contribution is -2.11. The van der Waals surface area contributed by atoms with Crippen LogP contribution < -0.4 is 5.32 Å². The first-order chi connectivity index (χ1) is 10.2. The van der Waals surface area contributed by atoms with Gasteiger partial charge in [0.15, 0.2) is 0 Å². The third-order valence-electron chi connectivity index (χ3n) is 2.91. The molecular weight excluding hydrogens is 332 g/mol. The summed E-state index contributed by atoms with van der Waals surface area (Å²) in [6.07, 6.45) is 3.10. The fourth-order valence-electron chi connectivity index (χ4n) is 1.84. The number of carbonyl (C=O) groups is 1. The lowest BCUT2D eigenvalue weighted by molar-refractivity contribution is 0.102. The van der Waals surface area contributed by atoms with Gasteiger partial charge in [-0.25, -0.2) is 9.67 Å². The van der Waals surface area contributed by atoms with Crippen LogP contribution >= 0.6 is 15.9 Å². The van der Waals surface area contributed by atoms with Crippen molar-refractivity contribution in [3.63, 3.8) is 0 Å². The zero-order valence-electron chi connectivity index (χ0n) is 10.9. The van der Waals surface area contributed by atoms with Crippen molar-refractivity contribution >= 4 is 27.5 Å². The average Bonchev–Trinajstić information content (AvgIpc) is 3.03. The second kappa shape index (κ2) is 5.88. The van der Waals surface area contributed by atoms with Crippen LogP contribution in [0.3, 0.4) is 0 Å². The molecule has 0 aliphatic carbocycles. The van der Waals surface area contributed by atoms with Gasteiger partial charge in [0, 0.05) is 15.7 Å². The van der Waals surface area contributed by atoms with Crippen molar-refractivity contribution in [2.24, 2.45) is 0 Å². The molecule has 0 aliphatic heterocycles. The zero-order valence-corrected chi connectivity index (χ0v) is 12.5. The first kappa shape index (κ1) is 13.5. The van der Waals surface area contributed by atoms with E-state index in [0.29, 0.717) is 5.56 Å². The van der Waals surface area contributed by atoms with Gasteiger partial charge >= 0.3 is 0 Å². The molecule has 3 rings (SSSR count). The van der Waals surface area contributed by atoms with Crippen molar-refractivity contribution in [2.45, 2.75) is 0 Å². The predicted octanol–water partition coefficient (Wildman–Crippen LogP) is 3.28. The molecular formula is C15H11BrN4O. The standard InChI is InChI=1S/C15H11BrN4O/c16-12-3-1-11(2-4-12)15(21)19-13-5-7-14(8-6-13)20-10-17-9-18-20/h1-10H,(H,19,21). The van der Waals surface area contributed by atoms with E-state index in [1.807, 2.05) is 36.4 Å². The van der Waals surface area contributed by atoms with Gasteiger partial charge in [-0.15, -0.1) is 0 Å². The normalized spacial score (nSPS) is 10.3. The van der Waals surface area contributed by atoms with Crippen molar-refractivity contribution in [3.8, 4) is 5.69 Å². The molecule has 1 heterocycles. The minimum atomic E-state index is -0.143. The molecule has 0 saturated carbocycles. The van der Waals surface area contributed by atoms with Gasteiger partial charge in [0.2, 0.25) is 0 Å². The van der Waals surface area contributed by atoms with E-state index in [1.54, 1.807) is 23.1 Å². The average molecular weight is 343 g/mol. The maximum absolute atomic E-state index is 12.1. The van der Waals surface area contributed by atoms with Gasteiger partial charge in [-0.3, -0.25) is 4.79 Å². The summed E-state index contributed by atoms with van der Waals surface area (Å²) < 4.78 is 2.59. The molecule has 0 radical (unpaired) electrons. The fraction of sp³-hybridized carbons (Fsp3) is 0. The summed E-state index contributed by atoms with van der Waals surface area (Å²) in [5.74, 6) is -0.143. The largest absolute Gasteiger partial charge is 0.322 e. The molecule has 104 valence electrons. The van der Waals surface area contributed by atoms with Crippen molar-refractivity contribution in [1.29, 1.82) is 0 Å². The Kier molecular flexibility index (Phi) is 3.79. The number of nitrogens with one attached hydrogen (secondary N) is 1. The van der Waals surface area contributed by atoms with Crippen molar-refractivity contribution in [3.05, 3.63) is 71.2 Å². The van der Waals surface area contributed by atoms with Crippen LogP contribution in [0.5, 0.6) is 0 Å². The molecule has 0 saturated heterocycles. The van der Waals surface area contributed by atoms with Crippen LogP contribution in [0.25, 0.3) is 5.69 Å². The molecule has 0 unspecified atom stereocenters. The van der Waals surface area contributed by atoms with Crippen molar-refractivity contribution < 1.29 is 4.79 Å². The maximum atomic E-state index is 12.1. The molecule has 3 aromatic rings. The van der Waals surface area contributed by atoms with Gasteiger partial charge in [0.05, 0.1) is 5.69 Å². The highest BCUT2D eigenvalue weighted by Gasteiger charge is 2.06. The molecule has 2 aromatic carbocycles. The van der Waals surface area contributed by atoms with Crippen LogP contribution in [-0.4, -0.2) is 20.7 Å². The maximum Gasteiger partial charge on any atom is 0.255 e. The molecule has 0 atom stereocenters. The lowest BCUT2D eigenvalue weighted by Gasteiger charge is -2.06. The van der Waals surface area contributed by atoms with Crippen molar-refractivity contribution in [1.82, 2.24) is 14.8 Å². The Morgan fingerprint density at radius 2 is 1.76 bits per heavy atom. The minimum absolute atomic E-state index is 0.143. The number of anilines is 1. The highest BCUT2D eigenvalue weighted by molar-refractivity contribution is 9.10. The number of halogens is 1. The van der Waals surface area contributed by atoms with Gasteiger partial charge < -0.3 is 5.32 Å². The van der Waals surface area contributed by atoms with E-state index in [2.05, 4.69) is 31.3 Å². The summed E-state index contributed by atoms with van der Waals surface area (Å²) in [6, 6.07) is 14.6. The van der Waals surface area contributed by atoms with Crippen LogP contribution in [0.1, 0.15) is 10.4 Å². The Morgan fingerprint density at radius 1 is 1.05 bits per heavy atom. The molecule has 0 bridgehead atoms. The van der Waals surface area contributed by atoms with Gasteiger partial charge in [0.25, 0.3) is 5.91 Å². The Balaban J connectivity index is 1.73. The molecule has 1 aromatic heterocycles. The third kappa shape index (κ3) is 3.17. The minimum Gasteiger partial charge on any atom is -0.322 e. The van der Waals surface area contributed by atoms with E-state index in [9.17, 15) is 4.79 Å². The summed E-state index contributed by atoms with van der Waals surface area (Å²) >= 11 is 3.34. The number of rotatable bonds is 3. The smallest absolute Gasteiger partial charge is 0.255 e. The number of nitrogens with zero attached hydrogens (tertiary/aromatic N) is 3. The molecule has 0 fully saturated rings. The van der Waals surface area contributed by atoms with Crippen LogP contribution in [0.15, 0.2) is 65.7 Å². The highest BCUT2D eigenvalue weighted by Crippen LogP contribution is 2.15. The number of amides is 1. The first-order valence-electron chi connectivity index (χ1n) is 6.24. The molecule has 5 nitrogen and oxygen atoms in total. The number of hydrogen-bond acceptors (Lipinski definition) is 3. The Hall–Kier alpha value is -2.47. The van der Waals surface area contributed by atoms with Crippen LogP contribution in [0.4, 0.5) is 5.69 Å². The third-order valence-corrected chi connectivity index (χ3v) is 3.44. The van der Waals surface area contributed by atoms with Gasteiger partial charge in [-0.1, -0.05) is 15.9 Å². The number of carbonyl (C=O) groups excluding carboxylic acids is 1. The summed E-state index contributed by atoms with van der Waals surface area (Å²) in [7, 11) is 0. The Labute approximate surface area is 129 Å². The topological polar surface area (TPSA) is 59.8 Å². The molecule has 1 N–H and O–H groups in total. The Bertz CT molecular complexity index is 736. The molecule has 0 spiro atoms. The monoisotopic (exact) mass is 342 g/mol. The molecule has 1 amide bonds. The molecule has 6 heteroatoms. The summed E-state index contributed by atoms with van der Waals surface area (Å²) in [5, 5.41) is 6.90. The second-order valence-corrected chi connectivity index (χ2v) is 5.26. The van der Waals surface area contributed by atoms with E-state index in [4.69, 9.17) is 0 Å². The number of benzene rings is 2. The van der Waals surface area contributed by atoms with E-state index >= 15 is 0 Å². The van der Waals surface area contributed by atoms with Crippen LogP contribution in [-0.2, 0) is 0 Å². The quantitative estimate of drug-likeness (QED) is 0.794. The molecule has 0 aliphatic rings. The van der Waals surface area contributed by atoms with Crippen LogP contribution in [0, 0.1) is 0 Å². The summed E-state index contributed by atoms with van der Waals surface area (Å²) in [4.78, 5) is 16.0. The summed E-state index contributed by atoms with van der Waals surface area (Å²) in [6.45, 7) is 0. The lowest BCUT2D eigenvalue weighted by atomic mass is 10.2. The Morgan fingerprint density at radius 3 is 2.38 bits per heavy atom. The summed E-state index contributed by atoms with van der Waals surface area (Å²) in [5.41, 5.74) is 2.22. The van der Waals surface area contributed by atoms with E-state index in [1.165, 1.54) is 6.33 Å². The van der Waals surface area contributed by atoms with Crippen molar-refractivity contribution in [2.75, 3.05) is 5.32 Å². The number of aromatic nitrogens is 3. The van der Waals surface area contributed by atoms with E-state index in [-0.39, 0.29) is 5.91 Å². The molecule has 21 heavy (non-hydrogen) atoms.